The summed E-state index contributed by atoms with van der Waals surface area (Å²) in [5.41, 5.74) is 0.788. The molecule has 2 saturated heterocycles. The van der Waals surface area contributed by atoms with Crippen LogP contribution in [0, 0.1) is 5.92 Å². The number of carbonyl (C=O) groups is 2. The van der Waals surface area contributed by atoms with Crippen LogP contribution in [0.15, 0.2) is 53.1 Å². The highest BCUT2D eigenvalue weighted by Gasteiger charge is 2.31. The maximum Gasteiger partial charge on any atom is 0.321 e. The van der Waals surface area contributed by atoms with Gasteiger partial charge in [-0.25, -0.2) is 4.79 Å². The molecule has 0 spiro atoms. The van der Waals surface area contributed by atoms with E-state index in [-0.39, 0.29) is 23.9 Å². The number of rotatable bonds is 6. The molecule has 166 valence electrons. The molecule has 7 heteroatoms. The van der Waals surface area contributed by atoms with E-state index >= 15 is 0 Å². The number of hydrogen-bond acceptors (Lipinski definition) is 3. The first-order valence-corrected chi connectivity index (χ1v) is 11.5. The number of likely N-dealkylation sites (tertiary alicyclic amines) is 2. The van der Waals surface area contributed by atoms with Crippen LogP contribution in [0.2, 0.25) is 0 Å². The second-order valence-electron chi connectivity index (χ2n) is 8.59. The summed E-state index contributed by atoms with van der Waals surface area (Å²) in [4.78, 5) is 28.6. The number of urea groups is 1. The molecule has 4 rings (SSSR count). The van der Waals surface area contributed by atoms with E-state index in [4.69, 9.17) is 4.42 Å². The number of amides is 3. The van der Waals surface area contributed by atoms with Crippen LogP contribution in [-0.2, 0) is 4.79 Å². The van der Waals surface area contributed by atoms with Gasteiger partial charge in [-0.15, -0.1) is 0 Å². The van der Waals surface area contributed by atoms with Crippen molar-refractivity contribution in [1.29, 1.82) is 0 Å². The molecule has 1 aromatic carbocycles. The third kappa shape index (κ3) is 5.67. The Hall–Kier alpha value is -2.80. The topological polar surface area (TPSA) is 79.0 Å². The summed E-state index contributed by atoms with van der Waals surface area (Å²) in [5, 5.41) is 6.10. The Bertz CT molecular complexity index is 826. The van der Waals surface area contributed by atoms with Crippen LogP contribution in [0.4, 0.5) is 10.5 Å². The molecule has 0 radical (unpaired) electrons. The largest absolute Gasteiger partial charge is 0.463 e. The van der Waals surface area contributed by atoms with Gasteiger partial charge in [0.25, 0.3) is 0 Å². The monoisotopic (exact) mass is 425 g/mol. The van der Waals surface area contributed by atoms with E-state index in [0.717, 1.165) is 24.5 Å². The average molecular weight is 426 g/mol. The normalized spacial score (nSPS) is 19.0. The highest BCUT2D eigenvalue weighted by atomic mass is 16.3. The predicted octanol–water partition coefficient (Wildman–Crippen LogP) is 2.45. The molecule has 1 aromatic heterocycles. The third-order valence-electron chi connectivity index (χ3n) is 6.53. The van der Waals surface area contributed by atoms with E-state index in [0.29, 0.717) is 32.5 Å². The van der Waals surface area contributed by atoms with E-state index in [1.807, 2.05) is 42.5 Å². The van der Waals surface area contributed by atoms with Crippen molar-refractivity contribution >= 4 is 17.6 Å². The van der Waals surface area contributed by atoms with Gasteiger partial charge in [0, 0.05) is 24.7 Å². The number of quaternary nitrogens is 1. The van der Waals surface area contributed by atoms with Gasteiger partial charge < -0.3 is 24.9 Å². The Kier molecular flexibility index (Phi) is 7.25. The van der Waals surface area contributed by atoms with E-state index < -0.39 is 0 Å². The number of anilines is 1. The van der Waals surface area contributed by atoms with Gasteiger partial charge in [0.15, 0.2) is 11.8 Å². The van der Waals surface area contributed by atoms with Crippen LogP contribution in [0.25, 0.3) is 0 Å². The Balaban J connectivity index is 1.26. The van der Waals surface area contributed by atoms with Crippen molar-refractivity contribution in [3.05, 3.63) is 54.5 Å². The van der Waals surface area contributed by atoms with Gasteiger partial charge in [-0.05, 0) is 56.4 Å². The fourth-order valence-corrected chi connectivity index (χ4v) is 4.71. The van der Waals surface area contributed by atoms with Gasteiger partial charge in [0.2, 0.25) is 5.91 Å². The van der Waals surface area contributed by atoms with Crippen molar-refractivity contribution in [3.8, 4) is 0 Å². The Morgan fingerprint density at radius 3 is 2.45 bits per heavy atom. The lowest BCUT2D eigenvalue weighted by atomic mass is 9.96. The zero-order valence-electron chi connectivity index (χ0n) is 18.0. The van der Waals surface area contributed by atoms with Gasteiger partial charge in [-0.3, -0.25) is 4.79 Å². The first-order chi connectivity index (χ1) is 15.2. The van der Waals surface area contributed by atoms with E-state index in [1.54, 1.807) is 11.2 Å². The van der Waals surface area contributed by atoms with Crippen LogP contribution in [0.3, 0.4) is 0 Å². The molecule has 3 amide bonds. The number of nitrogens with zero attached hydrogens (tertiary/aromatic N) is 1. The average Bonchev–Trinajstić information content (AvgIpc) is 3.35. The minimum atomic E-state index is -0.100. The molecule has 31 heavy (non-hydrogen) atoms. The van der Waals surface area contributed by atoms with Gasteiger partial charge in [-0.1, -0.05) is 18.2 Å². The summed E-state index contributed by atoms with van der Waals surface area (Å²) >= 11 is 0. The SMILES string of the molecule is O=C(NC[C@H](c1ccco1)[NH+]1CCCCC1)C1CCN(C(=O)Nc2ccccc2)CC1. The predicted molar refractivity (Wildman–Crippen MR) is 119 cm³/mol. The lowest BCUT2D eigenvalue weighted by Crippen LogP contribution is -3.13. The molecule has 1 atom stereocenters. The maximum atomic E-state index is 12.9. The Morgan fingerprint density at radius 2 is 1.77 bits per heavy atom. The smallest absolute Gasteiger partial charge is 0.321 e. The zero-order valence-corrected chi connectivity index (χ0v) is 18.0. The van der Waals surface area contributed by atoms with Crippen molar-refractivity contribution < 1.29 is 18.9 Å². The molecule has 0 aliphatic carbocycles. The number of piperidine rings is 2. The molecule has 2 aliphatic heterocycles. The molecule has 2 fully saturated rings. The molecular formula is C24H33N4O3+. The zero-order chi connectivity index (χ0) is 21.5. The molecule has 0 unspecified atom stereocenters. The first-order valence-electron chi connectivity index (χ1n) is 11.5. The van der Waals surface area contributed by atoms with Gasteiger partial charge in [0.05, 0.1) is 25.9 Å². The van der Waals surface area contributed by atoms with Crippen molar-refractivity contribution in [2.24, 2.45) is 5.92 Å². The van der Waals surface area contributed by atoms with Crippen LogP contribution < -0.4 is 15.5 Å². The molecule has 2 aromatic rings. The lowest BCUT2D eigenvalue weighted by molar-refractivity contribution is -0.936. The van der Waals surface area contributed by atoms with Crippen molar-refractivity contribution in [1.82, 2.24) is 10.2 Å². The van der Waals surface area contributed by atoms with Crippen molar-refractivity contribution in [3.63, 3.8) is 0 Å². The lowest BCUT2D eigenvalue weighted by Gasteiger charge is -2.33. The summed E-state index contributed by atoms with van der Waals surface area (Å²) in [6, 6.07) is 13.5. The highest BCUT2D eigenvalue weighted by Crippen LogP contribution is 2.19. The number of hydrogen-bond donors (Lipinski definition) is 3. The highest BCUT2D eigenvalue weighted by molar-refractivity contribution is 5.89. The van der Waals surface area contributed by atoms with Crippen molar-refractivity contribution in [2.45, 2.75) is 38.1 Å². The molecule has 7 nitrogen and oxygen atoms in total. The minimum Gasteiger partial charge on any atom is -0.463 e. The van der Waals surface area contributed by atoms with Crippen LogP contribution in [0.5, 0.6) is 0 Å². The van der Waals surface area contributed by atoms with Crippen LogP contribution in [0.1, 0.15) is 43.9 Å². The molecule has 0 bridgehead atoms. The van der Waals surface area contributed by atoms with Crippen LogP contribution >= 0.6 is 0 Å². The maximum absolute atomic E-state index is 12.9. The minimum absolute atomic E-state index is 0.0469. The summed E-state index contributed by atoms with van der Waals surface area (Å²) in [6.07, 6.45) is 6.83. The Morgan fingerprint density at radius 1 is 1.03 bits per heavy atom. The molecule has 3 N–H and O–H groups in total. The quantitative estimate of drug-likeness (QED) is 0.665. The van der Waals surface area contributed by atoms with Gasteiger partial charge in [-0.2, -0.15) is 0 Å². The third-order valence-corrected chi connectivity index (χ3v) is 6.53. The summed E-state index contributed by atoms with van der Waals surface area (Å²) in [7, 11) is 0. The molecule has 3 heterocycles. The number of benzene rings is 1. The summed E-state index contributed by atoms with van der Waals surface area (Å²) in [6.45, 7) is 4.02. The number of furan rings is 1. The number of para-hydroxylation sites is 1. The summed E-state index contributed by atoms with van der Waals surface area (Å²) < 4.78 is 5.69. The fourth-order valence-electron chi connectivity index (χ4n) is 4.71. The van der Waals surface area contributed by atoms with Crippen molar-refractivity contribution in [2.75, 3.05) is 38.0 Å². The molecule has 2 aliphatic rings. The summed E-state index contributed by atoms with van der Waals surface area (Å²) in [5.74, 6) is 0.995. The van der Waals surface area contributed by atoms with E-state index in [1.165, 1.54) is 24.2 Å². The standard InChI is InChI=1S/C24H32N4O3/c29-23(25-18-21(22-10-7-17-31-22)27-13-5-2-6-14-27)19-11-15-28(16-12-19)24(30)26-20-8-3-1-4-9-20/h1,3-4,7-10,17,19,21H,2,5-6,11-16,18H2,(H,25,29)(H,26,30)/p+1/t21-/m1/s1. The second-order valence-corrected chi connectivity index (χ2v) is 8.59. The number of nitrogens with one attached hydrogen (secondary N) is 3. The second kappa shape index (κ2) is 10.5. The van der Waals surface area contributed by atoms with Crippen LogP contribution in [-0.4, -0.2) is 49.6 Å². The fraction of sp³-hybridized carbons (Fsp3) is 0.500. The Labute approximate surface area is 183 Å². The van der Waals surface area contributed by atoms with Gasteiger partial charge in [0.1, 0.15) is 0 Å². The molecular weight excluding hydrogens is 392 g/mol. The van der Waals surface area contributed by atoms with E-state index in [2.05, 4.69) is 10.6 Å². The molecule has 0 saturated carbocycles. The van der Waals surface area contributed by atoms with Gasteiger partial charge >= 0.3 is 6.03 Å². The number of carbonyl (C=O) groups excluding carboxylic acids is 2. The first kappa shape index (κ1) is 21.4. The van der Waals surface area contributed by atoms with E-state index in [9.17, 15) is 9.59 Å².